The van der Waals surface area contributed by atoms with Gasteiger partial charge in [0.2, 0.25) is 10.0 Å². The molecule has 3 aliphatic rings. The highest BCUT2D eigenvalue weighted by atomic mass is 32.2. The summed E-state index contributed by atoms with van der Waals surface area (Å²) in [5, 5.41) is 0. The molecule has 1 atom stereocenters. The van der Waals surface area contributed by atoms with Crippen molar-refractivity contribution in [2.75, 3.05) is 95.9 Å². The molecule has 13 heteroatoms. The van der Waals surface area contributed by atoms with E-state index < -0.39 is 20.2 Å². The normalized spacial score (nSPS) is 23.0. The van der Waals surface area contributed by atoms with Gasteiger partial charge in [0.05, 0.1) is 4.90 Å². The lowest BCUT2D eigenvalue weighted by Gasteiger charge is -2.39. The highest BCUT2D eigenvalue weighted by molar-refractivity contribution is 7.89. The van der Waals surface area contributed by atoms with Gasteiger partial charge in [0.1, 0.15) is 5.82 Å². The van der Waals surface area contributed by atoms with Gasteiger partial charge in [-0.15, -0.1) is 0 Å². The highest BCUT2D eigenvalue weighted by Gasteiger charge is 2.35. The zero-order chi connectivity index (χ0) is 34.3. The van der Waals surface area contributed by atoms with E-state index in [0.717, 1.165) is 43.9 Å². The number of hydrogen-bond acceptors (Lipinski definition) is 7. The molecule has 2 saturated heterocycles. The number of anilines is 2. The first-order valence-electron chi connectivity index (χ1n) is 17.7. The van der Waals surface area contributed by atoms with Crippen LogP contribution in [-0.2, 0) is 20.2 Å². The van der Waals surface area contributed by atoms with E-state index >= 15 is 0 Å². The molecule has 48 heavy (non-hydrogen) atoms. The summed E-state index contributed by atoms with van der Waals surface area (Å²) in [5.41, 5.74) is 1.80. The van der Waals surface area contributed by atoms with Crippen LogP contribution in [0.2, 0.25) is 0 Å². The predicted octanol–water partition coefficient (Wildman–Crippen LogP) is 4.56. The van der Waals surface area contributed by atoms with E-state index in [-0.39, 0.29) is 29.7 Å². The molecule has 0 aromatic heterocycles. The fraction of sp³-hybridized carbons (Fsp3) is 0.657. The van der Waals surface area contributed by atoms with Gasteiger partial charge in [0.15, 0.2) is 0 Å². The van der Waals surface area contributed by atoms with Crippen molar-refractivity contribution in [1.82, 2.24) is 17.8 Å². The molecule has 0 unspecified atom stereocenters. The fourth-order valence-electron chi connectivity index (χ4n) is 7.39. The van der Waals surface area contributed by atoms with Crippen molar-refractivity contribution >= 4 is 31.6 Å². The first-order chi connectivity index (χ1) is 22.9. The van der Waals surface area contributed by atoms with Crippen molar-refractivity contribution < 1.29 is 21.2 Å². The van der Waals surface area contributed by atoms with E-state index in [1.54, 1.807) is 37.2 Å². The molecular formula is C35H55FN6O4S2. The Balaban J connectivity index is 1.34. The second-order valence-corrected chi connectivity index (χ2v) is 18.0. The maximum Gasteiger partial charge on any atom is 0.282 e. The van der Waals surface area contributed by atoms with Crippen LogP contribution >= 0.6 is 0 Å². The molecular weight excluding hydrogens is 652 g/mol. The summed E-state index contributed by atoms with van der Waals surface area (Å²) in [5.74, 6) is 0.128. The Labute approximate surface area is 288 Å². The number of sulfonamides is 1. The Morgan fingerprint density at radius 3 is 1.88 bits per heavy atom. The van der Waals surface area contributed by atoms with Gasteiger partial charge in [-0.25, -0.2) is 12.8 Å². The van der Waals surface area contributed by atoms with Crippen molar-refractivity contribution in [2.45, 2.75) is 56.8 Å². The van der Waals surface area contributed by atoms with Crippen LogP contribution in [-0.4, -0.2) is 121 Å². The number of hydrogen-bond donors (Lipinski definition) is 0. The zero-order valence-electron chi connectivity index (χ0n) is 29.0. The van der Waals surface area contributed by atoms with E-state index in [1.807, 2.05) is 38.1 Å². The summed E-state index contributed by atoms with van der Waals surface area (Å²) >= 11 is 0. The van der Waals surface area contributed by atoms with Gasteiger partial charge in [-0.2, -0.15) is 21.3 Å². The molecule has 1 aliphatic carbocycles. The molecule has 2 aromatic rings. The molecule has 2 heterocycles. The smallest absolute Gasteiger partial charge is 0.282 e. The molecule has 0 radical (unpaired) electrons. The summed E-state index contributed by atoms with van der Waals surface area (Å²) in [4.78, 5) is 6.73. The van der Waals surface area contributed by atoms with Crippen LogP contribution in [0.15, 0.2) is 53.4 Å². The lowest BCUT2D eigenvalue weighted by molar-refractivity contribution is 0.179. The summed E-state index contributed by atoms with van der Waals surface area (Å²) in [6, 6.07) is 13.3. The second-order valence-electron chi connectivity index (χ2n) is 14.1. The average Bonchev–Trinajstić information content (AvgIpc) is 3.07. The molecule has 10 nitrogen and oxygen atoms in total. The van der Waals surface area contributed by atoms with Crippen LogP contribution < -0.4 is 9.80 Å². The number of benzene rings is 2. The largest absolute Gasteiger partial charge is 0.378 e. The standard InChI is InChI=1S/C35H55FN6O4S2/c1-30-27-41(47(43,44)35-17-15-33(16-18-35)37(2)3)21-7-19-38(29-31-9-5-4-6-10-31)20-8-22-42(28-30)48(45,46)40-25-23-39(24-26-40)34-13-11-32(36)12-14-34/h11-18,30-31H,4-10,19-29H2,1-3H3/t30-/m0/s1. The first kappa shape index (κ1) is 37.0. The monoisotopic (exact) mass is 706 g/mol. The van der Waals surface area contributed by atoms with Crippen LogP contribution in [0.5, 0.6) is 0 Å². The fourth-order valence-corrected chi connectivity index (χ4v) is 10.7. The van der Waals surface area contributed by atoms with Gasteiger partial charge >= 0.3 is 0 Å². The molecule has 0 bridgehead atoms. The van der Waals surface area contributed by atoms with E-state index in [0.29, 0.717) is 45.2 Å². The molecule has 5 rings (SSSR count). The number of rotatable bonds is 8. The summed E-state index contributed by atoms with van der Waals surface area (Å²) in [6.07, 6.45) is 7.72. The third-order valence-electron chi connectivity index (χ3n) is 10.1. The molecule has 0 amide bonds. The first-order valence-corrected chi connectivity index (χ1v) is 20.5. The van der Waals surface area contributed by atoms with E-state index in [1.165, 1.54) is 44.2 Å². The summed E-state index contributed by atoms with van der Waals surface area (Å²) < 4.78 is 74.7. The Hall–Kier alpha value is -2.29. The Morgan fingerprint density at radius 1 is 0.688 bits per heavy atom. The third-order valence-corrected chi connectivity index (χ3v) is 14.0. The van der Waals surface area contributed by atoms with Crippen molar-refractivity contribution in [3.8, 4) is 0 Å². The molecule has 2 aromatic carbocycles. The zero-order valence-corrected chi connectivity index (χ0v) is 30.6. The maximum atomic E-state index is 14.2. The van der Waals surface area contributed by atoms with Gasteiger partial charge in [-0.1, -0.05) is 26.2 Å². The third kappa shape index (κ3) is 9.48. The minimum Gasteiger partial charge on any atom is -0.378 e. The molecule has 3 fully saturated rings. The van der Waals surface area contributed by atoms with Crippen LogP contribution in [0.4, 0.5) is 15.8 Å². The van der Waals surface area contributed by atoms with Crippen molar-refractivity contribution in [3.05, 3.63) is 54.3 Å². The van der Waals surface area contributed by atoms with Gasteiger partial charge < -0.3 is 14.7 Å². The molecule has 2 aliphatic heterocycles. The molecule has 268 valence electrons. The van der Waals surface area contributed by atoms with E-state index in [2.05, 4.69) is 9.80 Å². The SMILES string of the molecule is C[C@H]1CN(S(=O)(=O)c2ccc(N(C)C)cc2)CCCN(CC2CCCCC2)CCCN(S(=O)(=O)N2CCN(c3ccc(F)cc3)CC2)C1. The van der Waals surface area contributed by atoms with Crippen molar-refractivity contribution in [2.24, 2.45) is 11.8 Å². The van der Waals surface area contributed by atoms with Crippen LogP contribution in [0, 0.1) is 17.7 Å². The lowest BCUT2D eigenvalue weighted by atomic mass is 9.89. The quantitative estimate of drug-likeness (QED) is 0.398. The predicted molar refractivity (Wildman–Crippen MR) is 192 cm³/mol. The van der Waals surface area contributed by atoms with Gasteiger partial charge in [0, 0.05) is 84.4 Å². The molecule has 0 N–H and O–H groups in total. The van der Waals surface area contributed by atoms with E-state index in [9.17, 15) is 21.2 Å². The highest BCUT2D eigenvalue weighted by Crippen LogP contribution is 2.27. The number of nitrogens with zero attached hydrogens (tertiary/aromatic N) is 6. The summed E-state index contributed by atoms with van der Waals surface area (Å²) in [6.45, 7) is 7.48. The lowest BCUT2D eigenvalue weighted by Crippen LogP contribution is -2.54. The van der Waals surface area contributed by atoms with Gasteiger partial charge in [0.25, 0.3) is 10.2 Å². The minimum atomic E-state index is -3.79. The maximum absolute atomic E-state index is 14.2. The van der Waals surface area contributed by atoms with Crippen molar-refractivity contribution in [1.29, 1.82) is 0 Å². The number of piperazine rings is 1. The summed E-state index contributed by atoms with van der Waals surface area (Å²) in [7, 11) is -3.74. The van der Waals surface area contributed by atoms with Gasteiger partial charge in [-0.3, -0.25) is 0 Å². The second kappa shape index (κ2) is 16.6. The Morgan fingerprint density at radius 2 is 1.27 bits per heavy atom. The average molecular weight is 707 g/mol. The molecule has 1 saturated carbocycles. The van der Waals surface area contributed by atoms with Gasteiger partial charge in [-0.05, 0) is 99.1 Å². The topological polar surface area (TPSA) is 87.7 Å². The van der Waals surface area contributed by atoms with Crippen LogP contribution in [0.3, 0.4) is 0 Å². The minimum absolute atomic E-state index is 0.214. The van der Waals surface area contributed by atoms with Crippen LogP contribution in [0.1, 0.15) is 51.9 Å². The van der Waals surface area contributed by atoms with E-state index in [4.69, 9.17) is 0 Å². The van der Waals surface area contributed by atoms with Crippen LogP contribution in [0.25, 0.3) is 0 Å². The molecule has 0 spiro atoms. The Kier molecular flexibility index (Phi) is 12.8. The number of halogens is 1. The van der Waals surface area contributed by atoms with Crippen molar-refractivity contribution in [3.63, 3.8) is 0 Å². The Bertz CT molecular complexity index is 1510.